The lowest BCUT2D eigenvalue weighted by molar-refractivity contribution is 0.592. The third-order valence-electron chi connectivity index (χ3n) is 2.92. The number of nitrogens with zero attached hydrogens (tertiary/aromatic N) is 1. The summed E-state index contributed by atoms with van der Waals surface area (Å²) in [5, 5.41) is 4.02. The van der Waals surface area contributed by atoms with Crippen LogP contribution in [0, 0.1) is 0 Å². The van der Waals surface area contributed by atoms with Crippen molar-refractivity contribution in [3.05, 3.63) is 58.7 Å². The van der Waals surface area contributed by atoms with E-state index in [9.17, 15) is 0 Å². The van der Waals surface area contributed by atoms with Crippen molar-refractivity contribution in [2.24, 2.45) is 0 Å². The van der Waals surface area contributed by atoms with Crippen molar-refractivity contribution in [1.82, 2.24) is 10.3 Å². The molecular weight excluding hydrogens is 246 g/mol. The highest BCUT2D eigenvalue weighted by Gasteiger charge is 2.13. The molecule has 0 fully saturated rings. The molecule has 2 rings (SSSR count). The van der Waals surface area contributed by atoms with E-state index in [-0.39, 0.29) is 6.04 Å². The first-order chi connectivity index (χ1) is 8.70. The second-order valence-corrected chi connectivity index (χ2v) is 4.59. The van der Waals surface area contributed by atoms with Crippen molar-refractivity contribution in [3.63, 3.8) is 0 Å². The van der Waals surface area contributed by atoms with Crippen LogP contribution in [0.2, 0.25) is 5.02 Å². The maximum Gasteiger partial charge on any atom is 0.128 e. The zero-order chi connectivity index (χ0) is 13.0. The van der Waals surface area contributed by atoms with E-state index in [0.717, 1.165) is 17.0 Å². The average Bonchev–Trinajstić information content (AvgIpc) is 2.37. The summed E-state index contributed by atoms with van der Waals surface area (Å²) in [6.45, 7) is 0. The molecule has 1 heterocycles. The van der Waals surface area contributed by atoms with Gasteiger partial charge in [0.25, 0.3) is 0 Å². The third-order valence-corrected chi connectivity index (χ3v) is 3.16. The zero-order valence-corrected chi connectivity index (χ0v) is 11.0. The molecule has 1 unspecified atom stereocenters. The van der Waals surface area contributed by atoms with Crippen LogP contribution in [0.3, 0.4) is 0 Å². The zero-order valence-electron chi connectivity index (χ0n) is 10.2. The smallest absolute Gasteiger partial charge is 0.128 e. The van der Waals surface area contributed by atoms with Gasteiger partial charge < -0.3 is 11.1 Å². The molecule has 0 aliphatic rings. The molecule has 0 spiro atoms. The Morgan fingerprint density at radius 1 is 1.33 bits per heavy atom. The van der Waals surface area contributed by atoms with Crippen LogP contribution in [0.4, 0.5) is 5.82 Å². The second-order valence-electron chi connectivity index (χ2n) is 4.15. The summed E-state index contributed by atoms with van der Waals surface area (Å²) >= 11 is 5.99. The van der Waals surface area contributed by atoms with Gasteiger partial charge in [-0.3, -0.25) is 0 Å². The predicted octanol–water partition coefficient (Wildman–Crippen LogP) is 2.82. The van der Waals surface area contributed by atoms with Crippen LogP contribution >= 0.6 is 11.6 Å². The summed E-state index contributed by atoms with van der Waals surface area (Å²) in [4.78, 5) is 4.12. The van der Waals surface area contributed by atoms with Crippen molar-refractivity contribution in [2.45, 2.75) is 12.5 Å². The fraction of sp³-hybridized carbons (Fsp3) is 0.214. The van der Waals surface area contributed by atoms with Crippen molar-refractivity contribution in [3.8, 4) is 0 Å². The van der Waals surface area contributed by atoms with Crippen LogP contribution in [0.5, 0.6) is 0 Å². The molecule has 2 aromatic rings. The highest BCUT2D eigenvalue weighted by Crippen LogP contribution is 2.23. The Balaban J connectivity index is 2.23. The van der Waals surface area contributed by atoms with Crippen LogP contribution in [0.1, 0.15) is 17.2 Å². The summed E-state index contributed by atoms with van der Waals surface area (Å²) in [6.07, 6.45) is 2.53. The number of nitrogen functional groups attached to an aromatic ring is 1. The minimum Gasteiger partial charge on any atom is -0.383 e. The Morgan fingerprint density at radius 3 is 2.83 bits per heavy atom. The number of pyridine rings is 1. The molecule has 94 valence electrons. The standard InChI is InChI=1S/C14H16ClN3/c1-17-13(12-6-3-7-18-14(12)16)9-10-4-2-5-11(15)8-10/h2-8,13,17H,9H2,1H3,(H2,16,18). The van der Waals surface area contributed by atoms with Crippen molar-refractivity contribution < 1.29 is 0 Å². The molecular formula is C14H16ClN3. The minimum atomic E-state index is 0.136. The fourth-order valence-electron chi connectivity index (χ4n) is 1.99. The van der Waals surface area contributed by atoms with Gasteiger partial charge in [-0.1, -0.05) is 29.8 Å². The average molecular weight is 262 g/mol. The molecule has 0 amide bonds. The van der Waals surface area contributed by atoms with E-state index in [4.69, 9.17) is 17.3 Å². The van der Waals surface area contributed by atoms with Gasteiger partial charge in [0.05, 0.1) is 0 Å². The number of nitrogens with two attached hydrogens (primary N) is 1. The molecule has 18 heavy (non-hydrogen) atoms. The number of nitrogens with one attached hydrogen (secondary N) is 1. The SMILES string of the molecule is CNC(Cc1cccc(Cl)c1)c1cccnc1N. The molecule has 0 aliphatic heterocycles. The van der Waals surface area contributed by atoms with Gasteiger partial charge >= 0.3 is 0 Å². The number of rotatable bonds is 4. The molecule has 4 heteroatoms. The summed E-state index contributed by atoms with van der Waals surface area (Å²) < 4.78 is 0. The number of anilines is 1. The van der Waals surface area contributed by atoms with Gasteiger partial charge in [-0.25, -0.2) is 4.98 Å². The maximum absolute atomic E-state index is 5.99. The lowest BCUT2D eigenvalue weighted by atomic mass is 9.99. The number of aromatic nitrogens is 1. The lowest BCUT2D eigenvalue weighted by Crippen LogP contribution is -2.20. The van der Waals surface area contributed by atoms with Crippen LogP contribution < -0.4 is 11.1 Å². The number of benzene rings is 1. The lowest BCUT2D eigenvalue weighted by Gasteiger charge is -2.18. The van der Waals surface area contributed by atoms with Gasteiger partial charge in [-0.2, -0.15) is 0 Å². The number of hydrogen-bond donors (Lipinski definition) is 2. The van der Waals surface area contributed by atoms with Crippen LogP contribution in [-0.2, 0) is 6.42 Å². The molecule has 0 saturated carbocycles. The highest BCUT2D eigenvalue weighted by atomic mass is 35.5. The van der Waals surface area contributed by atoms with E-state index in [1.807, 2.05) is 37.4 Å². The Bertz CT molecular complexity index is 528. The molecule has 0 saturated heterocycles. The van der Waals surface area contributed by atoms with Crippen molar-refractivity contribution >= 4 is 17.4 Å². The highest BCUT2D eigenvalue weighted by molar-refractivity contribution is 6.30. The second kappa shape index (κ2) is 5.85. The molecule has 3 N–H and O–H groups in total. The quantitative estimate of drug-likeness (QED) is 0.890. The maximum atomic E-state index is 5.99. The molecule has 1 atom stereocenters. The summed E-state index contributed by atoms with van der Waals surface area (Å²) in [7, 11) is 1.92. The molecule has 3 nitrogen and oxygen atoms in total. The van der Waals surface area contributed by atoms with Crippen LogP contribution in [0.25, 0.3) is 0 Å². The Labute approximate surface area is 112 Å². The van der Waals surface area contributed by atoms with Gasteiger partial charge in [-0.05, 0) is 37.2 Å². The van der Waals surface area contributed by atoms with Crippen molar-refractivity contribution in [1.29, 1.82) is 0 Å². The molecule has 0 aliphatic carbocycles. The fourth-order valence-corrected chi connectivity index (χ4v) is 2.20. The van der Waals surface area contributed by atoms with E-state index < -0.39 is 0 Å². The summed E-state index contributed by atoms with van der Waals surface area (Å²) in [5.74, 6) is 0.568. The third kappa shape index (κ3) is 3.00. The molecule has 0 bridgehead atoms. The number of halogens is 1. The first-order valence-corrected chi connectivity index (χ1v) is 6.20. The largest absolute Gasteiger partial charge is 0.383 e. The Hall–Kier alpha value is -1.58. The summed E-state index contributed by atoms with van der Waals surface area (Å²) in [5.41, 5.74) is 8.09. The van der Waals surface area contributed by atoms with E-state index in [1.54, 1.807) is 6.20 Å². The van der Waals surface area contributed by atoms with Crippen molar-refractivity contribution in [2.75, 3.05) is 12.8 Å². The number of hydrogen-bond acceptors (Lipinski definition) is 3. The van der Waals surface area contributed by atoms with Crippen LogP contribution in [0.15, 0.2) is 42.6 Å². The Morgan fingerprint density at radius 2 is 2.17 bits per heavy atom. The monoisotopic (exact) mass is 261 g/mol. The van der Waals surface area contributed by atoms with Gasteiger partial charge in [-0.15, -0.1) is 0 Å². The van der Waals surface area contributed by atoms with E-state index in [1.165, 1.54) is 5.56 Å². The van der Waals surface area contributed by atoms with Gasteiger partial charge in [0.2, 0.25) is 0 Å². The van der Waals surface area contributed by atoms with Crippen LogP contribution in [-0.4, -0.2) is 12.0 Å². The minimum absolute atomic E-state index is 0.136. The first-order valence-electron chi connectivity index (χ1n) is 5.83. The number of likely N-dealkylation sites (N-methyl/N-ethyl adjacent to an activating group) is 1. The summed E-state index contributed by atoms with van der Waals surface area (Å²) in [6, 6.07) is 11.9. The van der Waals surface area contributed by atoms with E-state index in [0.29, 0.717) is 5.82 Å². The Kier molecular flexibility index (Phi) is 4.18. The normalized spacial score (nSPS) is 12.3. The van der Waals surface area contributed by atoms with Gasteiger partial charge in [0, 0.05) is 22.8 Å². The first kappa shape index (κ1) is 12.9. The van der Waals surface area contributed by atoms with E-state index in [2.05, 4.69) is 16.4 Å². The molecule has 1 aromatic carbocycles. The van der Waals surface area contributed by atoms with E-state index >= 15 is 0 Å². The molecule has 1 aromatic heterocycles. The van der Waals surface area contributed by atoms with Gasteiger partial charge in [0.1, 0.15) is 5.82 Å². The molecule has 0 radical (unpaired) electrons. The topological polar surface area (TPSA) is 50.9 Å². The predicted molar refractivity (Wildman–Crippen MR) is 75.6 cm³/mol. The van der Waals surface area contributed by atoms with Gasteiger partial charge in [0.15, 0.2) is 0 Å².